The summed E-state index contributed by atoms with van der Waals surface area (Å²) in [6, 6.07) is 14.6. The molecule has 2 aromatic rings. The average molecular weight is 387 g/mol. The molecule has 0 spiro atoms. The second kappa shape index (κ2) is 8.57. The molecule has 5 nitrogen and oxygen atoms in total. The number of rotatable bonds is 5. The number of hydrogen-bond donors (Lipinski definition) is 2. The summed E-state index contributed by atoms with van der Waals surface area (Å²) in [4.78, 5) is 9.06. The van der Waals surface area contributed by atoms with Gasteiger partial charge in [-0.25, -0.2) is 4.98 Å². The lowest BCUT2D eigenvalue weighted by Gasteiger charge is -2.34. The van der Waals surface area contributed by atoms with Gasteiger partial charge >= 0.3 is 0 Å². The van der Waals surface area contributed by atoms with Crippen LogP contribution in [0.2, 0.25) is 5.02 Å². The number of nitrogens with one attached hydrogen (secondary N) is 1. The Morgan fingerprint density at radius 2 is 1.85 bits per heavy atom. The van der Waals surface area contributed by atoms with Gasteiger partial charge in [0.2, 0.25) is 0 Å². The van der Waals surface area contributed by atoms with Crippen LogP contribution in [0.5, 0.6) is 0 Å². The van der Waals surface area contributed by atoms with Crippen LogP contribution in [0.25, 0.3) is 0 Å². The Morgan fingerprint density at radius 3 is 2.56 bits per heavy atom. The second-order valence-corrected chi connectivity index (χ2v) is 8.05. The Labute approximate surface area is 166 Å². The zero-order valence-electron chi connectivity index (χ0n) is 15.5. The zero-order valence-corrected chi connectivity index (χ0v) is 16.2. The van der Waals surface area contributed by atoms with Crippen molar-refractivity contribution in [2.75, 3.05) is 31.1 Å². The van der Waals surface area contributed by atoms with Crippen molar-refractivity contribution in [3.8, 4) is 0 Å². The van der Waals surface area contributed by atoms with Crippen molar-refractivity contribution >= 4 is 17.4 Å². The summed E-state index contributed by atoms with van der Waals surface area (Å²) in [7, 11) is 0. The van der Waals surface area contributed by atoms with Crippen LogP contribution in [-0.2, 0) is 6.54 Å². The van der Waals surface area contributed by atoms with Gasteiger partial charge in [-0.05, 0) is 55.8 Å². The van der Waals surface area contributed by atoms with Gasteiger partial charge in [0.15, 0.2) is 0 Å². The van der Waals surface area contributed by atoms with E-state index in [1.54, 1.807) is 6.20 Å². The summed E-state index contributed by atoms with van der Waals surface area (Å²) in [5.74, 6) is 0.943. The van der Waals surface area contributed by atoms with Gasteiger partial charge in [0.1, 0.15) is 5.82 Å². The van der Waals surface area contributed by atoms with E-state index in [9.17, 15) is 5.11 Å². The molecule has 0 amide bonds. The smallest absolute Gasteiger partial charge is 0.128 e. The fraction of sp³-hybridized carbons (Fsp3) is 0.476. The summed E-state index contributed by atoms with van der Waals surface area (Å²) in [5.41, 5.74) is 1.31. The van der Waals surface area contributed by atoms with Crippen LogP contribution in [0.4, 0.5) is 5.82 Å². The highest BCUT2D eigenvalue weighted by molar-refractivity contribution is 6.30. The van der Waals surface area contributed by atoms with Crippen molar-refractivity contribution in [1.82, 2.24) is 15.2 Å². The quantitative estimate of drug-likeness (QED) is 0.827. The number of aliphatic hydroxyl groups excluding tert-OH is 1. The normalized spacial score (nSPS) is 24.4. The number of anilines is 1. The van der Waals surface area contributed by atoms with Crippen LogP contribution in [0.1, 0.15) is 18.4 Å². The van der Waals surface area contributed by atoms with Crippen molar-refractivity contribution < 1.29 is 5.11 Å². The van der Waals surface area contributed by atoms with Gasteiger partial charge in [-0.2, -0.15) is 0 Å². The van der Waals surface area contributed by atoms with Gasteiger partial charge < -0.3 is 15.3 Å². The second-order valence-electron chi connectivity index (χ2n) is 7.61. The third kappa shape index (κ3) is 4.79. The van der Waals surface area contributed by atoms with E-state index in [2.05, 4.69) is 32.2 Å². The molecule has 0 aliphatic carbocycles. The molecule has 2 unspecified atom stereocenters. The first-order chi connectivity index (χ1) is 13.2. The number of aliphatic hydroxyl groups is 1. The lowest BCUT2D eigenvalue weighted by Crippen LogP contribution is -2.49. The van der Waals surface area contributed by atoms with E-state index in [4.69, 9.17) is 11.6 Å². The third-order valence-corrected chi connectivity index (χ3v) is 5.87. The van der Waals surface area contributed by atoms with Crippen molar-refractivity contribution in [2.24, 2.45) is 0 Å². The number of β-amino-alcohol motifs (C(OH)–C–C–N with tert-alkyl or cyclic N) is 1. The van der Waals surface area contributed by atoms with Crippen molar-refractivity contribution in [3.05, 3.63) is 59.2 Å². The molecular formula is C21H27ClN4O. The molecular weight excluding hydrogens is 360 g/mol. The molecule has 2 atom stereocenters. The highest BCUT2D eigenvalue weighted by atomic mass is 35.5. The fourth-order valence-corrected chi connectivity index (χ4v) is 4.21. The van der Waals surface area contributed by atoms with Crippen molar-refractivity contribution in [1.29, 1.82) is 0 Å². The molecule has 0 saturated carbocycles. The fourth-order valence-electron chi connectivity index (χ4n) is 4.09. The first-order valence-electron chi connectivity index (χ1n) is 9.74. The summed E-state index contributed by atoms with van der Waals surface area (Å²) < 4.78 is 0. The molecule has 2 fully saturated rings. The number of hydrogen-bond acceptors (Lipinski definition) is 5. The van der Waals surface area contributed by atoms with Crippen LogP contribution in [-0.4, -0.2) is 59.4 Å². The molecule has 4 rings (SSSR count). The molecule has 0 bridgehead atoms. The van der Waals surface area contributed by atoms with E-state index < -0.39 is 0 Å². The van der Waals surface area contributed by atoms with Gasteiger partial charge in [0.25, 0.3) is 0 Å². The molecule has 1 aromatic carbocycles. The maximum Gasteiger partial charge on any atom is 0.128 e. The minimum Gasteiger partial charge on any atom is -0.390 e. The summed E-state index contributed by atoms with van der Waals surface area (Å²) in [6.07, 6.45) is 3.68. The minimum absolute atomic E-state index is 0.111. The molecule has 27 heavy (non-hydrogen) atoms. The molecule has 144 valence electrons. The standard InChI is InChI=1S/C21H27ClN4O/c22-17-6-4-16(5-7-17)13-25-11-8-18(9-12-25)24-19-14-26(15-20(19)27)21-3-1-2-10-23-21/h1-7,10,18-20,24,27H,8-9,11-15H2. The molecule has 2 aliphatic rings. The zero-order chi connectivity index (χ0) is 18.6. The SMILES string of the molecule is OC1CN(c2ccccn2)CC1NC1CCN(Cc2ccc(Cl)cc2)CC1. The highest BCUT2D eigenvalue weighted by Gasteiger charge is 2.34. The summed E-state index contributed by atoms with van der Waals surface area (Å²) >= 11 is 5.97. The van der Waals surface area contributed by atoms with Crippen molar-refractivity contribution in [2.45, 2.75) is 37.6 Å². The van der Waals surface area contributed by atoms with Gasteiger partial charge in [-0.3, -0.25) is 4.90 Å². The lowest BCUT2D eigenvalue weighted by atomic mass is 10.0. The van der Waals surface area contributed by atoms with Gasteiger partial charge in [-0.15, -0.1) is 0 Å². The first-order valence-corrected chi connectivity index (χ1v) is 10.1. The van der Waals surface area contributed by atoms with E-state index >= 15 is 0 Å². The number of halogens is 1. The number of piperidine rings is 1. The van der Waals surface area contributed by atoms with Gasteiger partial charge in [0, 0.05) is 36.9 Å². The molecule has 2 saturated heterocycles. The predicted octanol–water partition coefficient (Wildman–Crippen LogP) is 2.54. The van der Waals surface area contributed by atoms with Crippen LogP contribution >= 0.6 is 11.6 Å². The minimum atomic E-state index is -0.348. The molecule has 1 aromatic heterocycles. The topological polar surface area (TPSA) is 51.6 Å². The predicted molar refractivity (Wildman–Crippen MR) is 109 cm³/mol. The van der Waals surface area contributed by atoms with E-state index in [-0.39, 0.29) is 12.1 Å². The Bertz CT molecular complexity index is 719. The maximum atomic E-state index is 10.5. The Morgan fingerprint density at radius 1 is 1.07 bits per heavy atom. The number of pyridine rings is 1. The first kappa shape index (κ1) is 18.7. The summed E-state index contributed by atoms with van der Waals surface area (Å²) in [5, 5.41) is 15.0. The molecule has 2 N–H and O–H groups in total. The van der Waals surface area contributed by atoms with E-state index in [1.165, 1.54) is 5.56 Å². The van der Waals surface area contributed by atoms with E-state index in [0.29, 0.717) is 12.6 Å². The molecule has 3 heterocycles. The average Bonchev–Trinajstić information content (AvgIpc) is 3.06. The van der Waals surface area contributed by atoms with Crippen molar-refractivity contribution in [3.63, 3.8) is 0 Å². The Hall–Kier alpha value is -1.66. The van der Waals surface area contributed by atoms with E-state index in [0.717, 1.165) is 49.9 Å². The Balaban J connectivity index is 1.25. The number of aromatic nitrogens is 1. The van der Waals surface area contributed by atoms with Gasteiger partial charge in [-0.1, -0.05) is 29.8 Å². The van der Waals surface area contributed by atoms with Gasteiger partial charge in [0.05, 0.1) is 12.1 Å². The highest BCUT2D eigenvalue weighted by Crippen LogP contribution is 2.21. The maximum absolute atomic E-state index is 10.5. The largest absolute Gasteiger partial charge is 0.390 e. The molecule has 6 heteroatoms. The number of benzene rings is 1. The van der Waals surface area contributed by atoms with E-state index in [1.807, 2.05) is 30.3 Å². The molecule has 2 aliphatic heterocycles. The lowest BCUT2D eigenvalue weighted by molar-refractivity contribution is 0.136. The third-order valence-electron chi connectivity index (χ3n) is 5.62. The van der Waals surface area contributed by atoms with Crippen LogP contribution in [0, 0.1) is 0 Å². The molecule has 0 radical (unpaired) electrons. The summed E-state index contributed by atoms with van der Waals surface area (Å²) in [6.45, 7) is 4.58. The van der Waals surface area contributed by atoms with Crippen LogP contribution in [0.3, 0.4) is 0 Å². The van der Waals surface area contributed by atoms with Crippen LogP contribution in [0.15, 0.2) is 48.7 Å². The number of likely N-dealkylation sites (tertiary alicyclic amines) is 1. The monoisotopic (exact) mass is 386 g/mol. The Kier molecular flexibility index (Phi) is 5.93. The number of nitrogens with zero attached hydrogens (tertiary/aromatic N) is 3. The van der Waals surface area contributed by atoms with Crippen LogP contribution < -0.4 is 10.2 Å².